The lowest BCUT2D eigenvalue weighted by atomic mass is 10.0. The van der Waals surface area contributed by atoms with Crippen LogP contribution in [0.2, 0.25) is 0 Å². The van der Waals surface area contributed by atoms with Gasteiger partial charge in [-0.15, -0.1) is 0 Å². The van der Waals surface area contributed by atoms with Crippen molar-refractivity contribution >= 4 is 28.6 Å². The van der Waals surface area contributed by atoms with E-state index in [4.69, 9.17) is 4.98 Å². The van der Waals surface area contributed by atoms with Gasteiger partial charge in [-0.3, -0.25) is 10.2 Å². The number of aromatic amines is 2. The number of nitrogens with zero attached hydrogens (tertiary/aromatic N) is 5. The Morgan fingerprint density at radius 2 is 2.12 bits per heavy atom. The zero-order valence-corrected chi connectivity index (χ0v) is 14.4. The Bertz CT molecular complexity index is 915. The molecule has 0 radical (unpaired) electrons. The average Bonchev–Trinajstić information content (AvgIpc) is 3.23. The minimum absolute atomic E-state index is 0.0591. The molecule has 1 aliphatic heterocycles. The predicted molar refractivity (Wildman–Crippen MR) is 97.6 cm³/mol. The van der Waals surface area contributed by atoms with E-state index in [9.17, 15) is 5.11 Å². The van der Waals surface area contributed by atoms with E-state index < -0.39 is 0 Å². The van der Waals surface area contributed by atoms with Gasteiger partial charge in [-0.05, 0) is 32.1 Å². The number of hydrogen-bond acceptors (Lipinski definition) is 7. The van der Waals surface area contributed by atoms with Crippen molar-refractivity contribution in [3.8, 4) is 0 Å². The Morgan fingerprint density at radius 3 is 2.96 bits per heavy atom. The largest absolute Gasteiger partial charge is 0.394 e. The van der Waals surface area contributed by atoms with Crippen molar-refractivity contribution in [1.82, 2.24) is 30.4 Å². The summed E-state index contributed by atoms with van der Waals surface area (Å²) in [4.78, 5) is 11.5. The van der Waals surface area contributed by atoms with E-state index in [1.165, 1.54) is 18.5 Å². The van der Waals surface area contributed by atoms with Gasteiger partial charge >= 0.3 is 0 Å². The van der Waals surface area contributed by atoms with Crippen molar-refractivity contribution in [3.63, 3.8) is 0 Å². The predicted octanol–water partition coefficient (Wildman–Crippen LogP) is 2.05. The van der Waals surface area contributed by atoms with Crippen molar-refractivity contribution < 1.29 is 5.11 Å². The number of anilines is 3. The molecule has 0 aromatic carbocycles. The van der Waals surface area contributed by atoms with Crippen LogP contribution >= 0.6 is 0 Å². The van der Waals surface area contributed by atoms with Gasteiger partial charge in [0.05, 0.1) is 24.2 Å². The van der Waals surface area contributed by atoms with Crippen LogP contribution < -0.4 is 10.2 Å². The minimum atomic E-state index is 0.0591. The third-order valence-electron chi connectivity index (χ3n) is 5.25. The Kier molecular flexibility index (Phi) is 3.74. The molecule has 0 unspecified atom stereocenters. The molecule has 2 aliphatic rings. The summed E-state index contributed by atoms with van der Waals surface area (Å²) < 4.78 is 0. The van der Waals surface area contributed by atoms with Gasteiger partial charge < -0.3 is 15.3 Å². The fraction of sp³-hybridized carbons (Fsp3) is 0.529. The van der Waals surface area contributed by atoms with E-state index in [1.54, 1.807) is 6.20 Å². The highest BCUT2D eigenvalue weighted by atomic mass is 16.3. The number of aliphatic hydroxyl groups excluding tert-OH is 1. The summed E-state index contributed by atoms with van der Waals surface area (Å²) >= 11 is 0. The van der Waals surface area contributed by atoms with Crippen LogP contribution in [0.4, 0.5) is 17.6 Å². The molecule has 3 aromatic heterocycles. The molecule has 26 heavy (non-hydrogen) atoms. The van der Waals surface area contributed by atoms with Crippen LogP contribution in [0.5, 0.6) is 0 Å². The van der Waals surface area contributed by atoms with E-state index in [2.05, 4.69) is 35.6 Å². The molecule has 1 saturated heterocycles. The van der Waals surface area contributed by atoms with Gasteiger partial charge in [0.25, 0.3) is 0 Å². The third kappa shape index (κ3) is 2.78. The van der Waals surface area contributed by atoms with Crippen LogP contribution in [0.15, 0.2) is 12.3 Å². The Balaban J connectivity index is 1.50. The monoisotopic (exact) mass is 354 g/mol. The second-order valence-electron chi connectivity index (χ2n) is 7.14. The number of aliphatic hydroxyl groups is 1. The summed E-state index contributed by atoms with van der Waals surface area (Å²) in [6.07, 6.45) is 7.32. The van der Waals surface area contributed by atoms with E-state index in [1.807, 2.05) is 6.07 Å². The van der Waals surface area contributed by atoms with E-state index in [0.29, 0.717) is 23.3 Å². The summed E-state index contributed by atoms with van der Waals surface area (Å²) in [7, 11) is 0. The second-order valence-corrected chi connectivity index (χ2v) is 7.14. The number of hydrogen-bond donors (Lipinski definition) is 4. The maximum atomic E-state index is 9.71. The van der Waals surface area contributed by atoms with Crippen LogP contribution in [0.3, 0.4) is 0 Å². The lowest BCUT2D eigenvalue weighted by Gasteiger charge is -2.34. The molecule has 0 amide bonds. The molecule has 1 atom stereocenters. The van der Waals surface area contributed by atoms with Gasteiger partial charge in [0.15, 0.2) is 11.5 Å². The summed E-state index contributed by atoms with van der Waals surface area (Å²) in [5, 5.41) is 28.3. The first kappa shape index (κ1) is 15.6. The molecule has 9 heteroatoms. The molecule has 3 aromatic rings. The molecule has 4 heterocycles. The van der Waals surface area contributed by atoms with Gasteiger partial charge in [0.2, 0.25) is 5.95 Å². The van der Waals surface area contributed by atoms with Gasteiger partial charge in [-0.25, -0.2) is 0 Å². The molecule has 0 spiro atoms. The molecule has 2 fully saturated rings. The summed E-state index contributed by atoms with van der Waals surface area (Å²) in [5.74, 6) is 2.65. The lowest BCUT2D eigenvalue weighted by Crippen LogP contribution is -2.43. The summed E-state index contributed by atoms with van der Waals surface area (Å²) in [6.45, 7) is 0.954. The molecule has 4 N–H and O–H groups in total. The van der Waals surface area contributed by atoms with Crippen LogP contribution in [0.1, 0.15) is 43.7 Å². The Labute approximate surface area is 150 Å². The summed E-state index contributed by atoms with van der Waals surface area (Å²) in [5.41, 5.74) is 1.85. The maximum absolute atomic E-state index is 9.71. The highest BCUT2D eigenvalue weighted by molar-refractivity contribution is 5.88. The molecule has 5 rings (SSSR count). The Morgan fingerprint density at radius 1 is 1.19 bits per heavy atom. The van der Waals surface area contributed by atoms with Crippen LogP contribution in [-0.4, -0.2) is 54.7 Å². The number of nitrogens with one attached hydrogen (secondary N) is 3. The van der Waals surface area contributed by atoms with Crippen molar-refractivity contribution in [2.24, 2.45) is 0 Å². The standard InChI is InChI=1S/C17H22N8O/c26-9-11-3-1-2-6-25(11)17-20-15(12-8-18-24-16(12)21-17)19-14-7-13(22-23-14)10-4-5-10/h7-8,10-11,26H,1-6,9H2,(H3,18,19,20,21,22,23,24)/t11-/m1/s1. The average molecular weight is 354 g/mol. The fourth-order valence-electron chi connectivity index (χ4n) is 3.63. The first-order valence-corrected chi connectivity index (χ1v) is 9.23. The smallest absolute Gasteiger partial charge is 0.229 e. The zero-order valence-electron chi connectivity index (χ0n) is 14.4. The van der Waals surface area contributed by atoms with Crippen LogP contribution in [0.25, 0.3) is 11.0 Å². The second kappa shape index (κ2) is 6.24. The number of fused-ring (bicyclic) bond motifs is 1. The molecule has 0 bridgehead atoms. The van der Waals surface area contributed by atoms with Gasteiger partial charge in [0, 0.05) is 24.2 Å². The highest BCUT2D eigenvalue weighted by Crippen LogP contribution is 2.39. The van der Waals surface area contributed by atoms with E-state index in [0.717, 1.165) is 37.0 Å². The van der Waals surface area contributed by atoms with Crippen molar-refractivity contribution in [2.75, 3.05) is 23.4 Å². The van der Waals surface area contributed by atoms with Gasteiger partial charge in [0.1, 0.15) is 5.82 Å². The molecule has 1 aliphatic carbocycles. The third-order valence-corrected chi connectivity index (χ3v) is 5.25. The van der Waals surface area contributed by atoms with Crippen LogP contribution in [0, 0.1) is 0 Å². The Hall–Kier alpha value is -2.68. The maximum Gasteiger partial charge on any atom is 0.229 e. The first-order valence-electron chi connectivity index (χ1n) is 9.23. The SMILES string of the molecule is OC[C@H]1CCCCN1c1nc(Nc2cc(C3CC3)[nH]n2)c2cn[nH]c2n1. The quantitative estimate of drug-likeness (QED) is 0.553. The fourth-order valence-corrected chi connectivity index (χ4v) is 3.63. The summed E-state index contributed by atoms with van der Waals surface area (Å²) in [6, 6.07) is 2.10. The zero-order chi connectivity index (χ0) is 17.5. The number of H-pyrrole nitrogens is 2. The molecular weight excluding hydrogens is 332 g/mol. The van der Waals surface area contributed by atoms with Crippen molar-refractivity contribution in [1.29, 1.82) is 0 Å². The molecule has 136 valence electrons. The van der Waals surface area contributed by atoms with Crippen molar-refractivity contribution in [3.05, 3.63) is 18.0 Å². The van der Waals surface area contributed by atoms with E-state index in [-0.39, 0.29) is 12.6 Å². The van der Waals surface area contributed by atoms with Gasteiger partial charge in [-0.2, -0.15) is 20.2 Å². The molecule has 9 nitrogen and oxygen atoms in total. The van der Waals surface area contributed by atoms with Gasteiger partial charge in [-0.1, -0.05) is 0 Å². The minimum Gasteiger partial charge on any atom is -0.394 e. The number of aromatic nitrogens is 6. The highest BCUT2D eigenvalue weighted by Gasteiger charge is 2.27. The molecule has 1 saturated carbocycles. The number of rotatable bonds is 5. The van der Waals surface area contributed by atoms with Crippen LogP contribution in [-0.2, 0) is 0 Å². The topological polar surface area (TPSA) is 119 Å². The first-order chi connectivity index (χ1) is 12.8. The lowest BCUT2D eigenvalue weighted by molar-refractivity contribution is 0.239. The molecular formula is C17H22N8O. The number of piperidine rings is 1. The van der Waals surface area contributed by atoms with Crippen molar-refractivity contribution in [2.45, 2.75) is 44.1 Å². The normalized spacial score (nSPS) is 20.7. The van der Waals surface area contributed by atoms with E-state index >= 15 is 0 Å².